The van der Waals surface area contributed by atoms with Gasteiger partial charge in [-0.3, -0.25) is 0 Å². The Labute approximate surface area is 107 Å². The molecule has 0 saturated carbocycles. The van der Waals surface area contributed by atoms with Gasteiger partial charge in [0.05, 0.1) is 11.4 Å². The average molecular weight is 268 g/mol. The Morgan fingerprint density at radius 1 is 0.947 bits per heavy atom. The molecule has 6 heteroatoms. The Morgan fingerprint density at radius 2 is 1.63 bits per heavy atom. The topological polar surface area (TPSA) is 61.3 Å². The Kier molecular flexibility index (Phi) is 3.25. The molecule has 0 aromatic heterocycles. The molecule has 0 radical (unpaired) electrons. The van der Waals surface area contributed by atoms with Crippen LogP contribution in [0.3, 0.4) is 0 Å². The van der Waals surface area contributed by atoms with Gasteiger partial charge in [-0.2, -0.15) is 0 Å². The molecule has 0 atom stereocenters. The van der Waals surface area contributed by atoms with Gasteiger partial charge in [0, 0.05) is 5.56 Å². The van der Waals surface area contributed by atoms with Crippen molar-refractivity contribution in [2.45, 2.75) is 6.36 Å². The van der Waals surface area contributed by atoms with Gasteiger partial charge in [0.1, 0.15) is 5.75 Å². The summed E-state index contributed by atoms with van der Waals surface area (Å²) in [6.45, 7) is 0. The molecular formula is C13H11F3N2O. The van der Waals surface area contributed by atoms with Crippen molar-refractivity contribution < 1.29 is 17.9 Å². The molecule has 2 aromatic rings. The summed E-state index contributed by atoms with van der Waals surface area (Å²) in [5.74, 6) is -0.299. The average Bonchev–Trinajstić information content (AvgIpc) is 2.31. The molecule has 3 nitrogen and oxygen atoms in total. The molecule has 0 unspecified atom stereocenters. The normalized spacial score (nSPS) is 11.3. The lowest BCUT2D eigenvalue weighted by Crippen LogP contribution is -2.17. The predicted molar refractivity (Wildman–Crippen MR) is 67.4 cm³/mol. The zero-order valence-corrected chi connectivity index (χ0v) is 9.74. The highest BCUT2D eigenvalue weighted by molar-refractivity contribution is 5.84. The zero-order chi connectivity index (χ0) is 14.0. The highest BCUT2D eigenvalue weighted by Gasteiger charge is 2.31. The maximum atomic E-state index is 12.2. The summed E-state index contributed by atoms with van der Waals surface area (Å²) in [4.78, 5) is 0. The molecule has 0 amide bonds. The van der Waals surface area contributed by atoms with E-state index < -0.39 is 6.36 Å². The Bertz CT molecular complexity index is 597. The fraction of sp³-hybridized carbons (Fsp3) is 0.0769. The van der Waals surface area contributed by atoms with Gasteiger partial charge in [0.2, 0.25) is 0 Å². The van der Waals surface area contributed by atoms with E-state index in [1.807, 2.05) is 0 Å². The molecule has 100 valence electrons. The van der Waals surface area contributed by atoms with E-state index in [2.05, 4.69) is 4.74 Å². The van der Waals surface area contributed by atoms with Crippen LogP contribution in [0.25, 0.3) is 11.1 Å². The van der Waals surface area contributed by atoms with Crippen molar-refractivity contribution >= 4 is 11.4 Å². The van der Waals surface area contributed by atoms with Crippen molar-refractivity contribution in [3.05, 3.63) is 42.5 Å². The maximum absolute atomic E-state index is 12.2. The van der Waals surface area contributed by atoms with Crippen molar-refractivity contribution in [1.82, 2.24) is 0 Å². The minimum Gasteiger partial charge on any atom is -0.406 e. The van der Waals surface area contributed by atoms with E-state index in [9.17, 15) is 13.2 Å². The summed E-state index contributed by atoms with van der Waals surface area (Å²) >= 11 is 0. The van der Waals surface area contributed by atoms with E-state index in [1.165, 1.54) is 18.2 Å². The number of rotatable bonds is 2. The molecule has 0 fully saturated rings. The largest absolute Gasteiger partial charge is 0.573 e. The first-order chi connectivity index (χ1) is 8.87. The summed E-state index contributed by atoms with van der Waals surface area (Å²) in [5, 5.41) is 0. The van der Waals surface area contributed by atoms with E-state index in [4.69, 9.17) is 11.5 Å². The van der Waals surface area contributed by atoms with Crippen LogP contribution >= 0.6 is 0 Å². The number of halogens is 3. The van der Waals surface area contributed by atoms with Gasteiger partial charge in [-0.25, -0.2) is 0 Å². The number of para-hydroxylation sites is 1. The van der Waals surface area contributed by atoms with E-state index >= 15 is 0 Å². The fourth-order valence-corrected chi connectivity index (χ4v) is 1.70. The van der Waals surface area contributed by atoms with Crippen molar-refractivity contribution in [1.29, 1.82) is 0 Å². The number of ether oxygens (including phenoxy) is 1. The highest BCUT2D eigenvalue weighted by Crippen LogP contribution is 2.33. The van der Waals surface area contributed by atoms with Gasteiger partial charge >= 0.3 is 6.36 Å². The quantitative estimate of drug-likeness (QED) is 0.820. The first kappa shape index (κ1) is 13.1. The van der Waals surface area contributed by atoms with Crippen molar-refractivity contribution in [2.24, 2.45) is 0 Å². The zero-order valence-electron chi connectivity index (χ0n) is 9.74. The lowest BCUT2D eigenvalue weighted by atomic mass is 10.0. The third-order valence-electron chi connectivity index (χ3n) is 2.52. The van der Waals surface area contributed by atoms with E-state index in [0.29, 0.717) is 22.5 Å². The second-order valence-corrected chi connectivity index (χ2v) is 3.88. The summed E-state index contributed by atoms with van der Waals surface area (Å²) in [6, 6.07) is 10.6. The van der Waals surface area contributed by atoms with Crippen LogP contribution in [0.5, 0.6) is 5.75 Å². The number of hydrogen-bond acceptors (Lipinski definition) is 3. The fourth-order valence-electron chi connectivity index (χ4n) is 1.70. The standard InChI is InChI=1S/C13H11F3N2O/c14-13(15,16)19-9-4-1-3-8(7-9)10-5-2-6-11(17)12(10)18/h1-7H,17-18H2. The van der Waals surface area contributed by atoms with Gasteiger partial charge < -0.3 is 16.2 Å². The Hall–Kier alpha value is -2.37. The first-order valence-electron chi connectivity index (χ1n) is 5.37. The van der Waals surface area contributed by atoms with Gasteiger partial charge in [0.15, 0.2) is 0 Å². The second-order valence-electron chi connectivity index (χ2n) is 3.88. The van der Waals surface area contributed by atoms with Crippen LogP contribution < -0.4 is 16.2 Å². The molecule has 0 bridgehead atoms. The van der Waals surface area contributed by atoms with Gasteiger partial charge in [0.25, 0.3) is 0 Å². The van der Waals surface area contributed by atoms with Crippen LogP contribution in [0.4, 0.5) is 24.5 Å². The van der Waals surface area contributed by atoms with Gasteiger partial charge in [-0.15, -0.1) is 13.2 Å². The molecule has 2 aromatic carbocycles. The molecule has 0 aliphatic rings. The minimum atomic E-state index is -4.72. The molecule has 4 N–H and O–H groups in total. The predicted octanol–water partition coefficient (Wildman–Crippen LogP) is 3.42. The van der Waals surface area contributed by atoms with E-state index in [1.54, 1.807) is 24.3 Å². The third-order valence-corrected chi connectivity index (χ3v) is 2.52. The molecule has 19 heavy (non-hydrogen) atoms. The number of anilines is 2. The Morgan fingerprint density at radius 3 is 2.32 bits per heavy atom. The molecule has 0 heterocycles. The molecule has 0 aliphatic carbocycles. The van der Waals surface area contributed by atoms with Crippen molar-refractivity contribution in [3.63, 3.8) is 0 Å². The van der Waals surface area contributed by atoms with Crippen molar-refractivity contribution in [2.75, 3.05) is 11.5 Å². The second kappa shape index (κ2) is 4.72. The monoisotopic (exact) mass is 268 g/mol. The summed E-state index contributed by atoms with van der Waals surface area (Å²) < 4.78 is 40.3. The van der Waals surface area contributed by atoms with Crippen LogP contribution in [0.2, 0.25) is 0 Å². The minimum absolute atomic E-state index is 0.299. The number of alkyl halides is 3. The summed E-state index contributed by atoms with van der Waals surface area (Å²) in [7, 11) is 0. The number of benzene rings is 2. The van der Waals surface area contributed by atoms with Gasteiger partial charge in [-0.05, 0) is 23.8 Å². The van der Waals surface area contributed by atoms with E-state index in [0.717, 1.165) is 0 Å². The smallest absolute Gasteiger partial charge is 0.406 e. The molecule has 0 saturated heterocycles. The molecular weight excluding hydrogens is 257 g/mol. The van der Waals surface area contributed by atoms with Crippen LogP contribution in [0.1, 0.15) is 0 Å². The number of nitrogen functional groups attached to an aromatic ring is 2. The summed E-state index contributed by atoms with van der Waals surface area (Å²) in [6.07, 6.45) is -4.72. The van der Waals surface area contributed by atoms with Crippen LogP contribution in [-0.2, 0) is 0 Å². The molecule has 0 aliphatic heterocycles. The van der Waals surface area contributed by atoms with Crippen LogP contribution in [-0.4, -0.2) is 6.36 Å². The van der Waals surface area contributed by atoms with E-state index in [-0.39, 0.29) is 5.75 Å². The first-order valence-corrected chi connectivity index (χ1v) is 5.37. The lowest BCUT2D eigenvalue weighted by Gasteiger charge is -2.12. The number of nitrogens with two attached hydrogens (primary N) is 2. The maximum Gasteiger partial charge on any atom is 0.573 e. The lowest BCUT2D eigenvalue weighted by molar-refractivity contribution is -0.274. The number of hydrogen-bond donors (Lipinski definition) is 2. The van der Waals surface area contributed by atoms with Crippen LogP contribution in [0.15, 0.2) is 42.5 Å². The SMILES string of the molecule is Nc1cccc(-c2cccc(OC(F)(F)F)c2)c1N. The van der Waals surface area contributed by atoms with Gasteiger partial charge in [-0.1, -0.05) is 24.3 Å². The molecule has 0 spiro atoms. The third kappa shape index (κ3) is 3.09. The molecule has 2 rings (SSSR count). The van der Waals surface area contributed by atoms with Crippen LogP contribution in [0, 0.1) is 0 Å². The summed E-state index contributed by atoms with van der Waals surface area (Å²) in [5.41, 5.74) is 13.2. The Balaban J connectivity index is 2.41. The van der Waals surface area contributed by atoms with Crippen molar-refractivity contribution in [3.8, 4) is 16.9 Å². The highest BCUT2D eigenvalue weighted by atomic mass is 19.4.